The third-order valence-electron chi connectivity index (χ3n) is 2.89. The number of nitrogens with zero attached hydrogens (tertiary/aromatic N) is 1. The zero-order valence-corrected chi connectivity index (χ0v) is 10.7. The highest BCUT2D eigenvalue weighted by atomic mass is 16.5. The van der Waals surface area contributed by atoms with Gasteiger partial charge < -0.3 is 9.84 Å². The molecule has 0 saturated heterocycles. The van der Waals surface area contributed by atoms with E-state index in [-0.39, 0.29) is 0 Å². The number of nitriles is 1. The number of aliphatic hydroxyl groups excluding tert-OH is 1. The van der Waals surface area contributed by atoms with Crippen molar-refractivity contribution in [3.63, 3.8) is 0 Å². The first-order valence-corrected chi connectivity index (χ1v) is 6.20. The van der Waals surface area contributed by atoms with Crippen LogP contribution in [-0.4, -0.2) is 5.11 Å². The highest BCUT2D eigenvalue weighted by Gasteiger charge is 2.12. The van der Waals surface area contributed by atoms with Gasteiger partial charge in [-0.3, -0.25) is 0 Å². The summed E-state index contributed by atoms with van der Waals surface area (Å²) in [5, 5.41) is 19.0. The summed E-state index contributed by atoms with van der Waals surface area (Å²) in [4.78, 5) is 0. The van der Waals surface area contributed by atoms with Gasteiger partial charge in [0.05, 0.1) is 11.7 Å². The normalized spacial score (nSPS) is 11.6. The molecule has 0 saturated carbocycles. The maximum atomic E-state index is 9.97. The molecule has 0 aliphatic carbocycles. The molecule has 19 heavy (non-hydrogen) atoms. The topological polar surface area (TPSA) is 53.2 Å². The summed E-state index contributed by atoms with van der Waals surface area (Å²) in [6.07, 6.45) is 0.0470. The van der Waals surface area contributed by atoms with Crippen molar-refractivity contribution in [3.05, 3.63) is 59.7 Å². The van der Waals surface area contributed by atoms with Crippen molar-refractivity contribution < 1.29 is 9.84 Å². The predicted octanol–water partition coefficient (Wildman–Crippen LogP) is 3.79. The lowest BCUT2D eigenvalue weighted by molar-refractivity contribution is 0.170. The van der Waals surface area contributed by atoms with Crippen LogP contribution in [0.25, 0.3) is 0 Å². The molecule has 2 aromatic rings. The van der Waals surface area contributed by atoms with Gasteiger partial charge >= 0.3 is 0 Å². The van der Waals surface area contributed by atoms with Gasteiger partial charge in [-0.2, -0.15) is 5.26 Å². The van der Waals surface area contributed by atoms with Crippen LogP contribution in [0.15, 0.2) is 48.5 Å². The van der Waals surface area contributed by atoms with Crippen molar-refractivity contribution in [2.24, 2.45) is 0 Å². The van der Waals surface area contributed by atoms with Crippen LogP contribution in [0.1, 0.15) is 30.6 Å². The Kier molecular flexibility index (Phi) is 4.17. The molecule has 0 aliphatic heterocycles. The fourth-order valence-corrected chi connectivity index (χ4v) is 1.84. The SMILES string of the molecule is CC[C@H](O)c1ccccc1Oc1ccccc1C#N. The molecule has 3 nitrogen and oxygen atoms in total. The second kappa shape index (κ2) is 6.03. The molecule has 0 fully saturated rings. The molecule has 0 heterocycles. The van der Waals surface area contributed by atoms with Crippen LogP contribution in [-0.2, 0) is 0 Å². The minimum absolute atomic E-state index is 0.475. The van der Waals surface area contributed by atoms with E-state index < -0.39 is 6.10 Å². The quantitative estimate of drug-likeness (QED) is 0.901. The molecule has 1 N–H and O–H groups in total. The summed E-state index contributed by atoms with van der Waals surface area (Å²) < 4.78 is 5.77. The van der Waals surface area contributed by atoms with E-state index >= 15 is 0 Å². The largest absolute Gasteiger partial charge is 0.456 e. The van der Waals surface area contributed by atoms with Crippen LogP contribution >= 0.6 is 0 Å². The number of aliphatic hydroxyl groups is 1. The Morgan fingerprint density at radius 3 is 2.42 bits per heavy atom. The summed E-state index contributed by atoms with van der Waals surface area (Å²) in [7, 11) is 0. The average molecular weight is 253 g/mol. The van der Waals surface area contributed by atoms with Crippen LogP contribution < -0.4 is 4.74 Å². The number of rotatable bonds is 4. The van der Waals surface area contributed by atoms with Gasteiger partial charge in [0.2, 0.25) is 0 Å². The second-order valence-electron chi connectivity index (χ2n) is 4.17. The molecule has 0 radical (unpaired) electrons. The van der Waals surface area contributed by atoms with Crippen LogP contribution in [0.4, 0.5) is 0 Å². The molecule has 2 aromatic carbocycles. The fourth-order valence-electron chi connectivity index (χ4n) is 1.84. The van der Waals surface area contributed by atoms with Gasteiger partial charge in [0, 0.05) is 5.56 Å². The number of ether oxygens (including phenoxy) is 1. The predicted molar refractivity (Wildman–Crippen MR) is 72.9 cm³/mol. The van der Waals surface area contributed by atoms with Crippen molar-refractivity contribution >= 4 is 0 Å². The first-order chi connectivity index (χ1) is 9.26. The molecule has 0 bridgehead atoms. The Labute approximate surface area is 112 Å². The van der Waals surface area contributed by atoms with E-state index in [1.807, 2.05) is 31.2 Å². The third kappa shape index (κ3) is 2.93. The molecule has 0 spiro atoms. The summed E-state index contributed by atoms with van der Waals surface area (Å²) in [6, 6.07) is 16.5. The van der Waals surface area contributed by atoms with Gasteiger partial charge in [-0.05, 0) is 24.6 Å². The number of hydrogen-bond donors (Lipinski definition) is 1. The zero-order valence-electron chi connectivity index (χ0n) is 10.7. The van der Waals surface area contributed by atoms with Crippen molar-refractivity contribution in [2.75, 3.05) is 0 Å². The first kappa shape index (κ1) is 13.1. The summed E-state index contributed by atoms with van der Waals surface area (Å²) in [5.41, 5.74) is 1.21. The van der Waals surface area contributed by atoms with E-state index in [2.05, 4.69) is 6.07 Å². The van der Waals surface area contributed by atoms with Crippen molar-refractivity contribution in [3.8, 4) is 17.6 Å². The molecule has 0 aromatic heterocycles. The Morgan fingerprint density at radius 2 is 1.74 bits per heavy atom. The fraction of sp³-hybridized carbons (Fsp3) is 0.188. The Balaban J connectivity index is 2.36. The lowest BCUT2D eigenvalue weighted by Crippen LogP contribution is -1.99. The highest BCUT2D eigenvalue weighted by molar-refractivity contribution is 5.46. The molecular weight excluding hydrogens is 238 g/mol. The molecule has 0 amide bonds. The van der Waals surface area contributed by atoms with Crippen molar-refractivity contribution in [2.45, 2.75) is 19.4 Å². The van der Waals surface area contributed by atoms with Crippen LogP contribution in [0, 0.1) is 11.3 Å². The highest BCUT2D eigenvalue weighted by Crippen LogP contribution is 2.32. The minimum atomic E-state index is -0.564. The van der Waals surface area contributed by atoms with Crippen LogP contribution in [0.5, 0.6) is 11.5 Å². The van der Waals surface area contributed by atoms with Crippen LogP contribution in [0.2, 0.25) is 0 Å². The summed E-state index contributed by atoms with van der Waals surface area (Å²) in [6.45, 7) is 1.91. The Morgan fingerprint density at radius 1 is 1.11 bits per heavy atom. The Bertz CT molecular complexity index is 602. The van der Waals surface area contributed by atoms with Gasteiger partial charge in [-0.1, -0.05) is 37.3 Å². The second-order valence-corrected chi connectivity index (χ2v) is 4.17. The van der Waals surface area contributed by atoms with Gasteiger partial charge in [0.15, 0.2) is 0 Å². The molecule has 0 unspecified atom stereocenters. The van der Waals surface area contributed by atoms with Gasteiger partial charge in [-0.25, -0.2) is 0 Å². The third-order valence-corrected chi connectivity index (χ3v) is 2.89. The number of hydrogen-bond acceptors (Lipinski definition) is 3. The molecular formula is C16H15NO2. The summed E-state index contributed by atoms with van der Waals surface area (Å²) in [5.74, 6) is 1.08. The lowest BCUT2D eigenvalue weighted by atomic mass is 10.1. The lowest BCUT2D eigenvalue weighted by Gasteiger charge is -2.15. The number of benzene rings is 2. The van der Waals surface area contributed by atoms with Crippen LogP contribution in [0.3, 0.4) is 0 Å². The molecule has 96 valence electrons. The van der Waals surface area contributed by atoms with Crippen molar-refractivity contribution in [1.82, 2.24) is 0 Å². The maximum Gasteiger partial charge on any atom is 0.145 e. The summed E-state index contributed by atoms with van der Waals surface area (Å²) >= 11 is 0. The van der Waals surface area contributed by atoms with E-state index in [1.54, 1.807) is 24.3 Å². The molecule has 0 aliphatic rings. The maximum absolute atomic E-state index is 9.97. The standard InChI is InChI=1S/C16H15NO2/c1-2-14(18)13-8-4-6-10-16(13)19-15-9-5-3-7-12(15)11-17/h3-10,14,18H,2H2,1H3/t14-/m0/s1. The minimum Gasteiger partial charge on any atom is -0.456 e. The first-order valence-electron chi connectivity index (χ1n) is 6.20. The van der Waals surface area contributed by atoms with E-state index in [4.69, 9.17) is 10.00 Å². The molecule has 3 heteroatoms. The Hall–Kier alpha value is -2.31. The number of para-hydroxylation sites is 2. The van der Waals surface area contributed by atoms with Crippen molar-refractivity contribution in [1.29, 1.82) is 5.26 Å². The van der Waals surface area contributed by atoms with Gasteiger partial charge in [0.1, 0.15) is 17.6 Å². The molecule has 1 atom stereocenters. The zero-order chi connectivity index (χ0) is 13.7. The van der Waals surface area contributed by atoms with E-state index in [1.165, 1.54) is 0 Å². The smallest absolute Gasteiger partial charge is 0.145 e. The monoisotopic (exact) mass is 253 g/mol. The van der Waals surface area contributed by atoms with E-state index in [0.29, 0.717) is 23.5 Å². The van der Waals surface area contributed by atoms with E-state index in [0.717, 1.165) is 5.56 Å². The molecule has 2 rings (SSSR count). The average Bonchev–Trinajstić information content (AvgIpc) is 2.47. The van der Waals surface area contributed by atoms with Gasteiger partial charge in [0.25, 0.3) is 0 Å². The van der Waals surface area contributed by atoms with E-state index in [9.17, 15) is 5.11 Å². The van der Waals surface area contributed by atoms with Gasteiger partial charge in [-0.15, -0.1) is 0 Å².